The molecule has 0 aromatic heterocycles. The second-order valence-corrected chi connectivity index (χ2v) is 5.41. The highest BCUT2D eigenvalue weighted by molar-refractivity contribution is 6.30. The third-order valence-electron chi connectivity index (χ3n) is 3.42. The largest absolute Gasteiger partial charge is 0.466 e. The first-order valence-corrected chi connectivity index (χ1v) is 7.46. The van der Waals surface area contributed by atoms with Gasteiger partial charge in [0.15, 0.2) is 0 Å². The van der Waals surface area contributed by atoms with E-state index in [1.807, 2.05) is 0 Å². The number of rotatable bonds is 3. The number of hydrogen-bond donors (Lipinski definition) is 1. The molecule has 0 radical (unpaired) electrons. The monoisotopic (exact) mass is 310 g/mol. The molecular weight excluding hydrogens is 292 g/mol. The van der Waals surface area contributed by atoms with Crippen molar-refractivity contribution < 1.29 is 14.3 Å². The molecule has 0 bridgehead atoms. The molecule has 1 aliphatic heterocycles. The van der Waals surface area contributed by atoms with Gasteiger partial charge < -0.3 is 15.0 Å². The maximum absolute atomic E-state index is 12.2. The van der Waals surface area contributed by atoms with Crippen molar-refractivity contribution in [1.82, 2.24) is 4.90 Å². The Kier molecular flexibility index (Phi) is 5.44. The molecule has 0 saturated carbocycles. The lowest BCUT2D eigenvalue weighted by atomic mass is 9.98. The first-order valence-electron chi connectivity index (χ1n) is 7.08. The van der Waals surface area contributed by atoms with Crippen molar-refractivity contribution in [2.75, 3.05) is 25.0 Å². The van der Waals surface area contributed by atoms with Crippen LogP contribution in [-0.2, 0) is 9.53 Å². The van der Waals surface area contributed by atoms with E-state index in [1.54, 1.807) is 36.1 Å². The lowest BCUT2D eigenvalue weighted by molar-refractivity contribution is -0.149. The van der Waals surface area contributed by atoms with Crippen LogP contribution in [0.2, 0.25) is 5.02 Å². The topological polar surface area (TPSA) is 58.6 Å². The standard InChI is InChI=1S/C15H19ClN2O3/c1-2-21-14(19)11-4-3-9-18(10-11)15(20)17-13-7-5-12(16)6-8-13/h5-8,11H,2-4,9-10H2,1H3,(H,17,20)/t11-/m0/s1. The van der Waals surface area contributed by atoms with Crippen molar-refractivity contribution in [3.8, 4) is 0 Å². The van der Waals surface area contributed by atoms with E-state index in [9.17, 15) is 9.59 Å². The number of urea groups is 1. The molecule has 6 heteroatoms. The first kappa shape index (κ1) is 15.6. The highest BCUT2D eigenvalue weighted by Crippen LogP contribution is 2.19. The maximum atomic E-state index is 12.2. The average Bonchev–Trinajstić information content (AvgIpc) is 2.50. The van der Waals surface area contributed by atoms with E-state index >= 15 is 0 Å². The van der Waals surface area contributed by atoms with Crippen LogP contribution in [0.4, 0.5) is 10.5 Å². The predicted octanol–water partition coefficient (Wildman–Crippen LogP) is 3.15. The average molecular weight is 311 g/mol. The van der Waals surface area contributed by atoms with E-state index in [0.29, 0.717) is 30.4 Å². The number of nitrogens with one attached hydrogen (secondary N) is 1. The van der Waals surface area contributed by atoms with Gasteiger partial charge in [-0.25, -0.2) is 4.79 Å². The van der Waals surface area contributed by atoms with Crippen LogP contribution in [-0.4, -0.2) is 36.6 Å². The number of carbonyl (C=O) groups is 2. The number of esters is 1. The molecule has 2 amide bonds. The van der Waals surface area contributed by atoms with Crippen LogP contribution in [0, 0.1) is 5.92 Å². The SMILES string of the molecule is CCOC(=O)[C@H]1CCCN(C(=O)Nc2ccc(Cl)cc2)C1. The molecule has 0 spiro atoms. The van der Waals surface area contributed by atoms with E-state index in [-0.39, 0.29) is 17.9 Å². The molecule has 5 nitrogen and oxygen atoms in total. The summed E-state index contributed by atoms with van der Waals surface area (Å²) >= 11 is 5.81. The van der Waals surface area contributed by atoms with Crippen LogP contribution in [0.15, 0.2) is 24.3 Å². The van der Waals surface area contributed by atoms with Crippen molar-refractivity contribution in [2.45, 2.75) is 19.8 Å². The molecule has 1 aliphatic rings. The van der Waals surface area contributed by atoms with Gasteiger partial charge >= 0.3 is 12.0 Å². The summed E-state index contributed by atoms with van der Waals surface area (Å²) in [7, 11) is 0. The zero-order valence-electron chi connectivity index (χ0n) is 12.0. The molecule has 1 aromatic rings. The van der Waals surface area contributed by atoms with Gasteiger partial charge in [-0.15, -0.1) is 0 Å². The van der Waals surface area contributed by atoms with Gasteiger partial charge in [-0.05, 0) is 44.0 Å². The number of likely N-dealkylation sites (tertiary alicyclic amines) is 1. The minimum absolute atomic E-state index is 0.202. The summed E-state index contributed by atoms with van der Waals surface area (Å²) in [6, 6.07) is 6.72. The zero-order chi connectivity index (χ0) is 15.2. The number of halogens is 1. The second kappa shape index (κ2) is 7.31. The second-order valence-electron chi connectivity index (χ2n) is 4.97. The van der Waals surface area contributed by atoms with E-state index in [0.717, 1.165) is 12.8 Å². The van der Waals surface area contributed by atoms with Gasteiger partial charge in [0.2, 0.25) is 0 Å². The van der Waals surface area contributed by atoms with Crippen LogP contribution in [0.1, 0.15) is 19.8 Å². The molecule has 1 saturated heterocycles. The Bertz CT molecular complexity index is 504. The number of piperidine rings is 1. The highest BCUT2D eigenvalue weighted by atomic mass is 35.5. The summed E-state index contributed by atoms with van der Waals surface area (Å²) < 4.78 is 5.03. The Morgan fingerprint density at radius 3 is 2.76 bits per heavy atom. The van der Waals surface area contributed by atoms with Crippen molar-refractivity contribution in [3.63, 3.8) is 0 Å². The van der Waals surface area contributed by atoms with Gasteiger partial charge in [-0.3, -0.25) is 4.79 Å². The fourth-order valence-electron chi connectivity index (χ4n) is 2.35. The van der Waals surface area contributed by atoms with Crippen LogP contribution >= 0.6 is 11.6 Å². The summed E-state index contributed by atoms with van der Waals surface area (Å²) in [6.45, 7) is 3.20. The van der Waals surface area contributed by atoms with E-state index in [1.165, 1.54) is 0 Å². The van der Waals surface area contributed by atoms with Crippen LogP contribution in [0.25, 0.3) is 0 Å². The van der Waals surface area contributed by atoms with Crippen LogP contribution in [0.3, 0.4) is 0 Å². The maximum Gasteiger partial charge on any atom is 0.321 e. The lowest BCUT2D eigenvalue weighted by Crippen LogP contribution is -2.44. The fourth-order valence-corrected chi connectivity index (χ4v) is 2.48. The van der Waals surface area contributed by atoms with Crippen molar-refractivity contribution in [2.24, 2.45) is 5.92 Å². The summed E-state index contributed by atoms with van der Waals surface area (Å²) in [5.41, 5.74) is 0.683. The number of nitrogens with zero attached hydrogens (tertiary/aromatic N) is 1. The smallest absolute Gasteiger partial charge is 0.321 e. The van der Waals surface area contributed by atoms with Gasteiger partial charge in [0, 0.05) is 23.8 Å². The fraction of sp³-hybridized carbons (Fsp3) is 0.467. The number of hydrogen-bond acceptors (Lipinski definition) is 3. The van der Waals surface area contributed by atoms with Crippen LogP contribution in [0.5, 0.6) is 0 Å². The van der Waals surface area contributed by atoms with Gasteiger partial charge in [-0.1, -0.05) is 11.6 Å². The number of anilines is 1. The first-order chi connectivity index (χ1) is 10.1. The Morgan fingerprint density at radius 2 is 2.10 bits per heavy atom. The van der Waals surface area contributed by atoms with Gasteiger partial charge in [0.05, 0.1) is 12.5 Å². The summed E-state index contributed by atoms with van der Waals surface area (Å²) in [5, 5.41) is 3.43. The molecule has 1 fully saturated rings. The van der Waals surface area contributed by atoms with Crippen molar-refractivity contribution >= 4 is 29.3 Å². The molecule has 2 rings (SSSR count). The molecule has 1 N–H and O–H groups in total. The summed E-state index contributed by atoms with van der Waals surface area (Å²) in [4.78, 5) is 25.6. The number of benzene rings is 1. The van der Waals surface area contributed by atoms with Crippen molar-refractivity contribution in [3.05, 3.63) is 29.3 Å². The Balaban J connectivity index is 1.92. The number of amides is 2. The van der Waals surface area contributed by atoms with Gasteiger partial charge in [-0.2, -0.15) is 0 Å². The Hall–Kier alpha value is -1.75. The van der Waals surface area contributed by atoms with E-state index in [4.69, 9.17) is 16.3 Å². The molecule has 1 aromatic carbocycles. The summed E-state index contributed by atoms with van der Waals surface area (Å²) in [6.07, 6.45) is 1.57. The lowest BCUT2D eigenvalue weighted by Gasteiger charge is -2.31. The quantitative estimate of drug-likeness (QED) is 0.873. The summed E-state index contributed by atoms with van der Waals surface area (Å²) in [5.74, 6) is -0.448. The van der Waals surface area contributed by atoms with Gasteiger partial charge in [0.1, 0.15) is 0 Å². The predicted molar refractivity (Wildman–Crippen MR) is 81.4 cm³/mol. The number of carbonyl (C=O) groups excluding carboxylic acids is 2. The minimum Gasteiger partial charge on any atom is -0.466 e. The molecular formula is C15H19ClN2O3. The third-order valence-corrected chi connectivity index (χ3v) is 3.68. The molecule has 1 heterocycles. The number of ether oxygens (including phenoxy) is 1. The van der Waals surface area contributed by atoms with E-state index in [2.05, 4.69) is 5.32 Å². The molecule has 0 unspecified atom stereocenters. The Labute approximate surface area is 129 Å². The highest BCUT2D eigenvalue weighted by Gasteiger charge is 2.29. The third kappa shape index (κ3) is 4.36. The van der Waals surface area contributed by atoms with Crippen molar-refractivity contribution in [1.29, 1.82) is 0 Å². The Morgan fingerprint density at radius 1 is 1.38 bits per heavy atom. The molecule has 0 aliphatic carbocycles. The van der Waals surface area contributed by atoms with Gasteiger partial charge in [0.25, 0.3) is 0 Å². The van der Waals surface area contributed by atoms with E-state index < -0.39 is 0 Å². The van der Waals surface area contributed by atoms with Crippen LogP contribution < -0.4 is 5.32 Å². The molecule has 114 valence electrons. The molecule has 21 heavy (non-hydrogen) atoms. The molecule has 1 atom stereocenters. The normalized spacial score (nSPS) is 18.2. The zero-order valence-corrected chi connectivity index (χ0v) is 12.7. The minimum atomic E-state index is -0.227.